The van der Waals surface area contributed by atoms with Crippen LogP contribution in [0.25, 0.3) is 0 Å². The van der Waals surface area contributed by atoms with Gasteiger partial charge in [-0.15, -0.1) is 0 Å². The molecule has 1 heterocycles. The number of nitriles is 1. The largest absolute Gasteiger partial charge is 0.347 e. The Morgan fingerprint density at radius 2 is 1.82 bits per heavy atom. The van der Waals surface area contributed by atoms with E-state index in [9.17, 15) is 10.1 Å². The van der Waals surface area contributed by atoms with Crippen LogP contribution in [-0.4, -0.2) is 44.9 Å². The van der Waals surface area contributed by atoms with Crippen molar-refractivity contribution in [3.8, 4) is 6.19 Å². The maximum absolute atomic E-state index is 11.3. The summed E-state index contributed by atoms with van der Waals surface area (Å²) in [5.74, 6) is -0.484. The zero-order chi connectivity index (χ0) is 17.1. The molecule has 0 aliphatic heterocycles. The second-order valence-electron chi connectivity index (χ2n) is 4.21. The topological polar surface area (TPSA) is 98.0 Å². The average molecular weight is 387 g/mol. The smallest absolute Gasteiger partial charge is 0.246 e. The summed E-state index contributed by atoms with van der Waals surface area (Å²) in [7, 11) is 3.35. The van der Waals surface area contributed by atoms with Crippen LogP contribution < -0.4 is 15.1 Å². The third-order valence-electron chi connectivity index (χ3n) is 2.22. The Morgan fingerprint density at radius 1 is 1.27 bits per heavy atom. The second kappa shape index (κ2) is 7.33. The molecular formula is C10H11Cl4N7O. The Bertz CT molecular complexity index is 598. The van der Waals surface area contributed by atoms with E-state index in [0.717, 1.165) is 4.90 Å². The van der Waals surface area contributed by atoms with Gasteiger partial charge in [-0.05, 0) is 11.6 Å². The molecule has 1 aromatic rings. The Balaban J connectivity index is 3.34. The summed E-state index contributed by atoms with van der Waals surface area (Å²) in [6, 6.07) is 0. The molecule has 0 unspecified atom stereocenters. The number of alkyl halides is 3. The molecule has 0 spiro atoms. The van der Waals surface area contributed by atoms with Gasteiger partial charge in [-0.2, -0.15) is 20.2 Å². The minimum absolute atomic E-state index is 0.153. The fraction of sp³-hybridized carbons (Fsp3) is 0.500. The summed E-state index contributed by atoms with van der Waals surface area (Å²) in [6.45, 7) is 1.21. The van der Waals surface area contributed by atoms with E-state index in [-0.39, 0.29) is 17.2 Å². The van der Waals surface area contributed by atoms with Crippen molar-refractivity contribution in [3.63, 3.8) is 0 Å². The fourth-order valence-corrected chi connectivity index (χ4v) is 1.95. The number of amides is 1. The van der Waals surface area contributed by atoms with Gasteiger partial charge in [0.15, 0.2) is 12.4 Å². The summed E-state index contributed by atoms with van der Waals surface area (Å²) in [5.41, 5.74) is 0. The van der Waals surface area contributed by atoms with E-state index in [1.54, 1.807) is 25.2 Å². The first-order chi connectivity index (χ1) is 10.1. The van der Waals surface area contributed by atoms with Crippen LogP contribution in [0.1, 0.15) is 6.92 Å². The first-order valence-corrected chi connectivity index (χ1v) is 7.19. The standard InChI is InChI=1S/C10H11Cl4N7O/c1-5(22)16-6(10(12,13)14)21(4-15)9-18-7(11)17-8(19-9)20(2)3/h6H,1-3H3,(H,16,22)/t6-/m1/s1. The van der Waals surface area contributed by atoms with Crippen molar-refractivity contribution < 1.29 is 4.79 Å². The fourth-order valence-electron chi connectivity index (χ4n) is 1.34. The van der Waals surface area contributed by atoms with Gasteiger partial charge in [0.1, 0.15) is 0 Å². The SMILES string of the molecule is CC(=O)N[C@H](N(C#N)c1nc(Cl)nc(N(C)C)n1)C(Cl)(Cl)Cl. The molecule has 8 nitrogen and oxygen atoms in total. The third-order valence-corrected chi connectivity index (χ3v) is 3.01. The van der Waals surface area contributed by atoms with Crippen LogP contribution in [0, 0.1) is 11.5 Å². The van der Waals surface area contributed by atoms with Gasteiger partial charge in [-0.3, -0.25) is 4.79 Å². The summed E-state index contributed by atoms with van der Waals surface area (Å²) < 4.78 is -2.02. The molecule has 0 aromatic carbocycles. The summed E-state index contributed by atoms with van der Waals surface area (Å²) in [4.78, 5) is 25.4. The Kier molecular flexibility index (Phi) is 6.26. The van der Waals surface area contributed by atoms with Gasteiger partial charge in [0.25, 0.3) is 0 Å². The molecule has 22 heavy (non-hydrogen) atoms. The van der Waals surface area contributed by atoms with Crippen LogP contribution >= 0.6 is 46.4 Å². The molecule has 0 radical (unpaired) electrons. The maximum atomic E-state index is 11.3. The Morgan fingerprint density at radius 3 is 2.23 bits per heavy atom. The Hall–Kier alpha value is -1.27. The highest BCUT2D eigenvalue weighted by Gasteiger charge is 2.40. The van der Waals surface area contributed by atoms with Crippen molar-refractivity contribution in [2.75, 3.05) is 23.9 Å². The molecule has 0 aliphatic carbocycles. The van der Waals surface area contributed by atoms with Crippen LogP contribution in [0.4, 0.5) is 11.9 Å². The average Bonchev–Trinajstić information content (AvgIpc) is 2.36. The molecule has 1 N–H and O–H groups in total. The molecule has 0 saturated heterocycles. The number of carbonyl (C=O) groups is 1. The van der Waals surface area contributed by atoms with E-state index in [1.165, 1.54) is 6.92 Å². The number of hydrogen-bond acceptors (Lipinski definition) is 7. The molecule has 0 bridgehead atoms. The highest BCUT2D eigenvalue weighted by atomic mass is 35.6. The van der Waals surface area contributed by atoms with Crippen molar-refractivity contribution in [2.45, 2.75) is 16.9 Å². The minimum atomic E-state index is -2.02. The number of nitrogens with zero attached hydrogens (tertiary/aromatic N) is 6. The van der Waals surface area contributed by atoms with Gasteiger partial charge < -0.3 is 10.2 Å². The number of aromatic nitrogens is 3. The summed E-state index contributed by atoms with van der Waals surface area (Å²) in [5, 5.41) is 11.5. The maximum Gasteiger partial charge on any atom is 0.246 e. The highest BCUT2D eigenvalue weighted by Crippen LogP contribution is 2.33. The van der Waals surface area contributed by atoms with Gasteiger partial charge in [0, 0.05) is 21.0 Å². The number of halogens is 4. The van der Waals surface area contributed by atoms with Crippen molar-refractivity contribution in [3.05, 3.63) is 5.28 Å². The van der Waals surface area contributed by atoms with Crippen LogP contribution in [0.3, 0.4) is 0 Å². The molecule has 1 atom stereocenters. The number of nitrogens with one attached hydrogen (secondary N) is 1. The predicted molar refractivity (Wildman–Crippen MR) is 85.2 cm³/mol. The molecular weight excluding hydrogens is 376 g/mol. The number of hydrogen-bond donors (Lipinski definition) is 1. The number of rotatable bonds is 4. The van der Waals surface area contributed by atoms with Crippen LogP contribution in [-0.2, 0) is 4.79 Å². The zero-order valence-electron chi connectivity index (χ0n) is 11.7. The molecule has 120 valence electrons. The molecule has 1 amide bonds. The van der Waals surface area contributed by atoms with Gasteiger partial charge in [-0.1, -0.05) is 34.8 Å². The second-order valence-corrected chi connectivity index (χ2v) is 6.92. The molecule has 0 fully saturated rings. The van der Waals surface area contributed by atoms with Gasteiger partial charge >= 0.3 is 0 Å². The first kappa shape index (κ1) is 18.8. The molecule has 12 heteroatoms. The molecule has 1 aromatic heterocycles. The van der Waals surface area contributed by atoms with E-state index in [4.69, 9.17) is 46.4 Å². The summed E-state index contributed by atoms with van der Waals surface area (Å²) >= 11 is 23.3. The van der Waals surface area contributed by atoms with Crippen LogP contribution in [0.5, 0.6) is 0 Å². The van der Waals surface area contributed by atoms with Crippen molar-refractivity contribution in [1.82, 2.24) is 20.3 Å². The number of anilines is 2. The molecule has 0 saturated carbocycles. The predicted octanol–water partition coefficient (Wildman–Crippen LogP) is 1.71. The number of carbonyl (C=O) groups excluding carboxylic acids is 1. The lowest BCUT2D eigenvalue weighted by atomic mass is 10.4. The van der Waals surface area contributed by atoms with E-state index >= 15 is 0 Å². The molecule has 0 aliphatic rings. The van der Waals surface area contributed by atoms with E-state index in [1.807, 2.05) is 0 Å². The van der Waals surface area contributed by atoms with Gasteiger partial charge in [0.05, 0.1) is 0 Å². The quantitative estimate of drug-likeness (QED) is 0.364. The molecule has 1 rings (SSSR count). The third kappa shape index (κ3) is 4.88. The minimum Gasteiger partial charge on any atom is -0.347 e. The van der Waals surface area contributed by atoms with E-state index in [2.05, 4.69) is 20.3 Å². The van der Waals surface area contributed by atoms with Gasteiger partial charge in [0.2, 0.25) is 26.9 Å². The van der Waals surface area contributed by atoms with Crippen molar-refractivity contribution in [2.24, 2.45) is 0 Å². The van der Waals surface area contributed by atoms with Crippen LogP contribution in [0.2, 0.25) is 5.28 Å². The Labute approximate surface area is 146 Å². The lowest BCUT2D eigenvalue weighted by molar-refractivity contribution is -0.119. The van der Waals surface area contributed by atoms with Crippen LogP contribution in [0.15, 0.2) is 0 Å². The lowest BCUT2D eigenvalue weighted by Crippen LogP contribution is -2.54. The van der Waals surface area contributed by atoms with E-state index in [0.29, 0.717) is 0 Å². The zero-order valence-corrected chi connectivity index (χ0v) is 14.7. The van der Waals surface area contributed by atoms with Crippen molar-refractivity contribution >= 4 is 64.2 Å². The van der Waals surface area contributed by atoms with Gasteiger partial charge in [-0.25, -0.2) is 4.90 Å². The first-order valence-electron chi connectivity index (χ1n) is 5.68. The van der Waals surface area contributed by atoms with E-state index < -0.39 is 15.9 Å². The van der Waals surface area contributed by atoms with Crippen molar-refractivity contribution in [1.29, 1.82) is 5.26 Å². The monoisotopic (exact) mass is 385 g/mol. The highest BCUT2D eigenvalue weighted by molar-refractivity contribution is 6.68. The summed E-state index contributed by atoms with van der Waals surface area (Å²) in [6.07, 6.45) is 0.434. The normalized spacial score (nSPS) is 12.3. The lowest BCUT2D eigenvalue weighted by Gasteiger charge is -2.30.